The highest BCUT2D eigenvalue weighted by Crippen LogP contribution is 2.20. The van der Waals surface area contributed by atoms with E-state index in [2.05, 4.69) is 20.9 Å². The standard InChI is InChI=1S/C11H16BrFN2O/c1-11(2,15(3)4)7-16-10-9(13)5-8(12)6-14-10/h5-6H,7H2,1-4H3. The summed E-state index contributed by atoms with van der Waals surface area (Å²) < 4.78 is 19.4. The molecule has 0 fully saturated rings. The molecule has 0 N–H and O–H groups in total. The van der Waals surface area contributed by atoms with Crippen LogP contribution in [-0.2, 0) is 0 Å². The van der Waals surface area contributed by atoms with E-state index in [0.717, 1.165) is 0 Å². The minimum absolute atomic E-state index is 0.0399. The molecule has 0 amide bonds. The van der Waals surface area contributed by atoms with Gasteiger partial charge in [-0.05, 0) is 49.9 Å². The van der Waals surface area contributed by atoms with E-state index in [1.807, 2.05) is 32.8 Å². The van der Waals surface area contributed by atoms with Gasteiger partial charge in [0.2, 0.25) is 0 Å². The molecule has 1 heterocycles. The molecule has 16 heavy (non-hydrogen) atoms. The Bertz CT molecular complexity index is 369. The van der Waals surface area contributed by atoms with Crippen LogP contribution in [0.4, 0.5) is 4.39 Å². The minimum Gasteiger partial charge on any atom is -0.474 e. The van der Waals surface area contributed by atoms with Crippen LogP contribution in [0.3, 0.4) is 0 Å². The van der Waals surface area contributed by atoms with Crippen LogP contribution in [0.15, 0.2) is 16.7 Å². The first kappa shape index (κ1) is 13.4. The molecule has 3 nitrogen and oxygen atoms in total. The number of halogens is 2. The second kappa shape index (κ2) is 5.10. The van der Waals surface area contributed by atoms with Crippen molar-refractivity contribution < 1.29 is 9.13 Å². The maximum absolute atomic E-state index is 13.4. The fourth-order valence-electron chi connectivity index (χ4n) is 0.882. The predicted octanol–water partition coefficient (Wildman–Crippen LogP) is 2.70. The number of ether oxygens (including phenoxy) is 1. The van der Waals surface area contributed by atoms with Crippen LogP contribution in [0.5, 0.6) is 5.88 Å². The Morgan fingerprint density at radius 2 is 2.12 bits per heavy atom. The van der Waals surface area contributed by atoms with E-state index in [1.165, 1.54) is 12.3 Å². The van der Waals surface area contributed by atoms with Crippen LogP contribution in [0, 0.1) is 5.82 Å². The van der Waals surface area contributed by atoms with Crippen molar-refractivity contribution in [2.45, 2.75) is 19.4 Å². The largest absolute Gasteiger partial charge is 0.474 e. The topological polar surface area (TPSA) is 25.4 Å². The zero-order chi connectivity index (χ0) is 12.3. The van der Waals surface area contributed by atoms with Gasteiger partial charge in [-0.15, -0.1) is 0 Å². The van der Waals surface area contributed by atoms with Crippen LogP contribution in [0.25, 0.3) is 0 Å². The summed E-state index contributed by atoms with van der Waals surface area (Å²) in [6, 6.07) is 1.34. The lowest BCUT2D eigenvalue weighted by molar-refractivity contribution is 0.108. The van der Waals surface area contributed by atoms with Crippen molar-refractivity contribution in [1.82, 2.24) is 9.88 Å². The maximum atomic E-state index is 13.4. The first-order chi connectivity index (χ1) is 7.33. The molecule has 0 bridgehead atoms. The van der Waals surface area contributed by atoms with Crippen LogP contribution in [0.1, 0.15) is 13.8 Å². The number of hydrogen-bond acceptors (Lipinski definition) is 3. The van der Waals surface area contributed by atoms with Crippen LogP contribution < -0.4 is 4.74 Å². The highest BCUT2D eigenvalue weighted by molar-refractivity contribution is 9.10. The normalized spacial score (nSPS) is 11.9. The number of hydrogen-bond donors (Lipinski definition) is 0. The molecule has 0 aliphatic heterocycles. The lowest BCUT2D eigenvalue weighted by Crippen LogP contribution is -2.43. The molecule has 0 saturated heterocycles. The Hall–Kier alpha value is -0.680. The second-order valence-electron chi connectivity index (χ2n) is 4.44. The van der Waals surface area contributed by atoms with Gasteiger partial charge in [0.25, 0.3) is 5.88 Å². The SMILES string of the molecule is CN(C)C(C)(C)COc1ncc(Br)cc1F. The number of likely N-dealkylation sites (N-methyl/N-ethyl adjacent to an activating group) is 1. The molecule has 90 valence electrons. The molecular formula is C11H16BrFN2O. The lowest BCUT2D eigenvalue weighted by atomic mass is 10.1. The van der Waals surface area contributed by atoms with E-state index in [9.17, 15) is 4.39 Å². The lowest BCUT2D eigenvalue weighted by Gasteiger charge is -2.31. The summed E-state index contributed by atoms with van der Waals surface area (Å²) in [5.74, 6) is -0.415. The smallest absolute Gasteiger partial charge is 0.250 e. The molecule has 1 rings (SSSR count). The molecule has 0 radical (unpaired) electrons. The third-order valence-corrected chi connectivity index (χ3v) is 2.98. The summed E-state index contributed by atoms with van der Waals surface area (Å²) in [5.41, 5.74) is -0.165. The minimum atomic E-state index is -0.455. The molecule has 1 aromatic heterocycles. The van der Waals surface area contributed by atoms with E-state index in [4.69, 9.17) is 4.74 Å². The van der Waals surface area contributed by atoms with Gasteiger partial charge in [-0.1, -0.05) is 0 Å². The Kier molecular flexibility index (Phi) is 4.27. The van der Waals surface area contributed by atoms with E-state index >= 15 is 0 Å². The summed E-state index contributed by atoms with van der Waals surface area (Å²) in [6.07, 6.45) is 1.51. The highest BCUT2D eigenvalue weighted by atomic mass is 79.9. The monoisotopic (exact) mass is 290 g/mol. The third kappa shape index (κ3) is 3.42. The van der Waals surface area contributed by atoms with Gasteiger partial charge >= 0.3 is 0 Å². The van der Waals surface area contributed by atoms with Gasteiger partial charge in [0, 0.05) is 16.2 Å². The van der Waals surface area contributed by atoms with Gasteiger partial charge in [0.1, 0.15) is 6.61 Å². The molecule has 0 spiro atoms. The first-order valence-corrected chi connectivity index (χ1v) is 5.73. The molecule has 1 aromatic rings. The fraction of sp³-hybridized carbons (Fsp3) is 0.545. The molecule has 0 saturated carbocycles. The Morgan fingerprint density at radius 1 is 1.50 bits per heavy atom. The van der Waals surface area contributed by atoms with Gasteiger partial charge in [0.05, 0.1) is 0 Å². The summed E-state index contributed by atoms with van der Waals surface area (Å²) in [7, 11) is 3.91. The van der Waals surface area contributed by atoms with E-state index in [0.29, 0.717) is 11.1 Å². The van der Waals surface area contributed by atoms with E-state index in [-0.39, 0.29) is 11.4 Å². The molecule has 0 aliphatic carbocycles. The second-order valence-corrected chi connectivity index (χ2v) is 5.35. The van der Waals surface area contributed by atoms with Crippen molar-refractivity contribution in [3.05, 3.63) is 22.6 Å². The van der Waals surface area contributed by atoms with Gasteiger partial charge in [-0.3, -0.25) is 0 Å². The summed E-state index contributed by atoms with van der Waals surface area (Å²) >= 11 is 3.14. The number of rotatable bonds is 4. The van der Waals surface area contributed by atoms with Crippen molar-refractivity contribution >= 4 is 15.9 Å². The van der Waals surface area contributed by atoms with Crippen molar-refractivity contribution in [1.29, 1.82) is 0 Å². The average molecular weight is 291 g/mol. The predicted molar refractivity (Wildman–Crippen MR) is 65.2 cm³/mol. The van der Waals surface area contributed by atoms with Crippen LogP contribution >= 0.6 is 15.9 Å². The molecule has 0 aromatic carbocycles. The Morgan fingerprint density at radius 3 is 2.62 bits per heavy atom. The van der Waals surface area contributed by atoms with Crippen molar-refractivity contribution in [2.75, 3.05) is 20.7 Å². The van der Waals surface area contributed by atoms with Crippen molar-refractivity contribution in [3.63, 3.8) is 0 Å². The first-order valence-electron chi connectivity index (χ1n) is 4.94. The van der Waals surface area contributed by atoms with E-state index < -0.39 is 5.82 Å². The fourth-order valence-corrected chi connectivity index (χ4v) is 1.19. The molecule has 0 aliphatic rings. The van der Waals surface area contributed by atoms with Crippen LogP contribution in [0.2, 0.25) is 0 Å². The molecule has 0 unspecified atom stereocenters. The highest BCUT2D eigenvalue weighted by Gasteiger charge is 2.22. The Balaban J connectivity index is 2.68. The zero-order valence-corrected chi connectivity index (χ0v) is 11.5. The van der Waals surface area contributed by atoms with Crippen LogP contribution in [-0.4, -0.2) is 36.1 Å². The zero-order valence-electron chi connectivity index (χ0n) is 9.92. The van der Waals surface area contributed by atoms with Crippen molar-refractivity contribution in [3.8, 4) is 5.88 Å². The summed E-state index contributed by atoms with van der Waals surface area (Å²) in [5, 5.41) is 0. The van der Waals surface area contributed by atoms with Gasteiger partial charge in [-0.25, -0.2) is 9.37 Å². The molecular weight excluding hydrogens is 275 g/mol. The third-order valence-electron chi connectivity index (χ3n) is 2.55. The molecule has 5 heteroatoms. The van der Waals surface area contributed by atoms with Gasteiger partial charge in [0.15, 0.2) is 5.82 Å². The van der Waals surface area contributed by atoms with Gasteiger partial charge < -0.3 is 9.64 Å². The maximum Gasteiger partial charge on any atom is 0.250 e. The summed E-state index contributed by atoms with van der Waals surface area (Å²) in [6.45, 7) is 4.42. The summed E-state index contributed by atoms with van der Waals surface area (Å²) in [4.78, 5) is 5.90. The van der Waals surface area contributed by atoms with Gasteiger partial charge in [-0.2, -0.15) is 0 Å². The average Bonchev–Trinajstić information content (AvgIpc) is 2.16. The number of aromatic nitrogens is 1. The number of nitrogens with zero attached hydrogens (tertiary/aromatic N) is 2. The Labute approximate surface area is 104 Å². The quantitative estimate of drug-likeness (QED) is 0.853. The van der Waals surface area contributed by atoms with Crippen molar-refractivity contribution in [2.24, 2.45) is 0 Å². The number of pyridine rings is 1. The van der Waals surface area contributed by atoms with E-state index in [1.54, 1.807) is 0 Å². The molecule has 0 atom stereocenters.